The molecular formula is C10H20O4S. The van der Waals surface area contributed by atoms with Crippen LogP contribution in [-0.2, 0) is 20.6 Å². The standard InChI is InChI=1S/C10H20O4S/c1-3-5-6-7-8-14-10(11)9(4-2)15(12)13/h9H,3-8H2,1-2H3,(H,12,13). The number of esters is 1. The predicted molar refractivity (Wildman–Crippen MR) is 60.0 cm³/mol. The van der Waals surface area contributed by atoms with Crippen molar-refractivity contribution in [3.63, 3.8) is 0 Å². The van der Waals surface area contributed by atoms with Gasteiger partial charge in [0.2, 0.25) is 0 Å². The van der Waals surface area contributed by atoms with Crippen LogP contribution in [0.3, 0.4) is 0 Å². The predicted octanol–water partition coefficient (Wildman–Crippen LogP) is 2.11. The van der Waals surface area contributed by atoms with E-state index in [9.17, 15) is 9.00 Å². The smallest absolute Gasteiger partial charge is 0.324 e. The third-order valence-electron chi connectivity index (χ3n) is 2.12. The molecule has 0 radical (unpaired) electrons. The lowest BCUT2D eigenvalue weighted by Crippen LogP contribution is -2.27. The Morgan fingerprint density at radius 3 is 2.47 bits per heavy atom. The molecule has 1 N–H and O–H groups in total. The van der Waals surface area contributed by atoms with Gasteiger partial charge in [0.25, 0.3) is 0 Å². The maximum absolute atomic E-state index is 11.3. The molecule has 0 aliphatic rings. The second-order valence-electron chi connectivity index (χ2n) is 3.40. The van der Waals surface area contributed by atoms with Crippen LogP contribution in [0.2, 0.25) is 0 Å². The van der Waals surface area contributed by atoms with Crippen LogP contribution >= 0.6 is 0 Å². The van der Waals surface area contributed by atoms with E-state index in [0.717, 1.165) is 25.7 Å². The highest BCUT2D eigenvalue weighted by Crippen LogP contribution is 2.04. The zero-order valence-corrected chi connectivity index (χ0v) is 10.2. The molecule has 0 aromatic heterocycles. The molecular weight excluding hydrogens is 216 g/mol. The zero-order chi connectivity index (χ0) is 11.7. The number of carbonyl (C=O) groups excluding carboxylic acids is 1. The molecule has 2 atom stereocenters. The minimum atomic E-state index is -2.12. The topological polar surface area (TPSA) is 63.6 Å². The van der Waals surface area contributed by atoms with Crippen LogP contribution in [0.25, 0.3) is 0 Å². The molecule has 0 aromatic carbocycles. The van der Waals surface area contributed by atoms with Crippen LogP contribution in [0, 0.1) is 0 Å². The van der Waals surface area contributed by atoms with Crippen molar-refractivity contribution in [1.29, 1.82) is 0 Å². The van der Waals surface area contributed by atoms with Crippen LogP contribution in [0.15, 0.2) is 0 Å². The highest BCUT2D eigenvalue weighted by Gasteiger charge is 2.23. The Bertz CT molecular complexity index is 206. The van der Waals surface area contributed by atoms with Crippen molar-refractivity contribution < 1.29 is 18.3 Å². The van der Waals surface area contributed by atoms with Crippen LogP contribution < -0.4 is 0 Å². The summed E-state index contributed by atoms with van der Waals surface area (Å²) in [7, 11) is 0. The average molecular weight is 236 g/mol. The summed E-state index contributed by atoms with van der Waals surface area (Å²) in [5.74, 6) is -0.560. The SMILES string of the molecule is CCCCCCOC(=O)C(CC)S(=O)O. The fourth-order valence-corrected chi connectivity index (χ4v) is 1.70. The molecule has 0 aliphatic heterocycles. The van der Waals surface area contributed by atoms with E-state index in [1.807, 2.05) is 0 Å². The van der Waals surface area contributed by atoms with Crippen molar-refractivity contribution >= 4 is 17.0 Å². The summed E-state index contributed by atoms with van der Waals surface area (Å²) in [5, 5.41) is -0.892. The van der Waals surface area contributed by atoms with Gasteiger partial charge in [-0.05, 0) is 12.8 Å². The first-order chi connectivity index (χ1) is 7.13. The Labute approximate surface area is 93.7 Å². The number of hydrogen-bond donors (Lipinski definition) is 1. The molecule has 0 heterocycles. The maximum atomic E-state index is 11.3. The molecule has 0 saturated heterocycles. The van der Waals surface area contributed by atoms with Crippen molar-refractivity contribution in [2.75, 3.05) is 6.61 Å². The molecule has 0 fully saturated rings. The maximum Gasteiger partial charge on any atom is 0.324 e. The second kappa shape index (κ2) is 8.85. The summed E-state index contributed by atoms with van der Waals surface area (Å²) in [4.78, 5) is 11.3. The molecule has 15 heavy (non-hydrogen) atoms. The fraction of sp³-hybridized carbons (Fsp3) is 0.900. The van der Waals surface area contributed by atoms with Gasteiger partial charge in [-0.15, -0.1) is 0 Å². The molecule has 0 aliphatic carbocycles. The highest BCUT2D eigenvalue weighted by atomic mass is 32.2. The molecule has 0 rings (SSSR count). The third-order valence-corrected chi connectivity index (χ3v) is 3.13. The first kappa shape index (κ1) is 14.6. The van der Waals surface area contributed by atoms with Crippen molar-refractivity contribution in [2.24, 2.45) is 0 Å². The van der Waals surface area contributed by atoms with Gasteiger partial charge in [-0.3, -0.25) is 4.79 Å². The number of rotatable bonds is 8. The van der Waals surface area contributed by atoms with Crippen LogP contribution in [0.4, 0.5) is 0 Å². The van der Waals surface area contributed by atoms with E-state index in [-0.39, 0.29) is 0 Å². The number of ether oxygens (including phenoxy) is 1. The van der Waals surface area contributed by atoms with Crippen LogP contribution in [0.5, 0.6) is 0 Å². The Morgan fingerprint density at radius 1 is 1.33 bits per heavy atom. The van der Waals surface area contributed by atoms with Crippen LogP contribution in [0.1, 0.15) is 46.0 Å². The first-order valence-electron chi connectivity index (χ1n) is 5.39. The monoisotopic (exact) mass is 236 g/mol. The molecule has 4 nitrogen and oxygen atoms in total. The lowest BCUT2D eigenvalue weighted by molar-refractivity contribution is -0.143. The van der Waals surface area contributed by atoms with Gasteiger partial charge in [-0.25, -0.2) is 4.21 Å². The van der Waals surface area contributed by atoms with Gasteiger partial charge in [-0.2, -0.15) is 0 Å². The van der Waals surface area contributed by atoms with Gasteiger partial charge in [-0.1, -0.05) is 33.1 Å². The van der Waals surface area contributed by atoms with E-state index in [2.05, 4.69) is 6.92 Å². The van der Waals surface area contributed by atoms with E-state index in [1.54, 1.807) is 6.92 Å². The highest BCUT2D eigenvalue weighted by molar-refractivity contribution is 7.80. The normalized spacial score (nSPS) is 14.6. The van der Waals surface area contributed by atoms with Gasteiger partial charge in [0.15, 0.2) is 16.3 Å². The van der Waals surface area contributed by atoms with E-state index in [4.69, 9.17) is 9.29 Å². The van der Waals surface area contributed by atoms with E-state index < -0.39 is 22.3 Å². The largest absolute Gasteiger partial charge is 0.465 e. The summed E-state index contributed by atoms with van der Waals surface area (Å²) in [6.45, 7) is 4.15. The average Bonchev–Trinajstić information content (AvgIpc) is 2.18. The summed E-state index contributed by atoms with van der Waals surface area (Å²) in [6, 6.07) is 0. The quantitative estimate of drug-likeness (QED) is 0.398. The Kier molecular flexibility index (Phi) is 8.61. The van der Waals surface area contributed by atoms with Gasteiger partial charge >= 0.3 is 5.97 Å². The lowest BCUT2D eigenvalue weighted by atomic mass is 10.2. The Morgan fingerprint density at radius 2 is 2.00 bits per heavy atom. The second-order valence-corrected chi connectivity index (χ2v) is 4.52. The van der Waals surface area contributed by atoms with E-state index in [0.29, 0.717) is 13.0 Å². The lowest BCUT2D eigenvalue weighted by Gasteiger charge is -2.10. The van der Waals surface area contributed by atoms with E-state index >= 15 is 0 Å². The fourth-order valence-electron chi connectivity index (χ4n) is 1.19. The number of unbranched alkanes of at least 4 members (excludes halogenated alkanes) is 3. The third kappa shape index (κ3) is 6.62. The molecule has 0 amide bonds. The number of carbonyl (C=O) groups is 1. The summed E-state index contributed by atoms with van der Waals surface area (Å²) in [5.41, 5.74) is 0. The summed E-state index contributed by atoms with van der Waals surface area (Å²) in [6.07, 6.45) is 4.45. The number of hydrogen-bond acceptors (Lipinski definition) is 3. The van der Waals surface area contributed by atoms with Gasteiger partial charge in [0, 0.05) is 0 Å². The van der Waals surface area contributed by atoms with Crippen molar-refractivity contribution in [1.82, 2.24) is 0 Å². The molecule has 5 heteroatoms. The summed E-state index contributed by atoms with van der Waals surface area (Å²) < 4.78 is 24.4. The van der Waals surface area contributed by atoms with E-state index in [1.165, 1.54) is 0 Å². The molecule has 0 bridgehead atoms. The van der Waals surface area contributed by atoms with Gasteiger partial charge in [0.05, 0.1) is 6.61 Å². The minimum Gasteiger partial charge on any atom is -0.465 e. The van der Waals surface area contributed by atoms with Gasteiger partial charge in [0.1, 0.15) is 0 Å². The van der Waals surface area contributed by atoms with Crippen molar-refractivity contribution in [3.8, 4) is 0 Å². The first-order valence-corrected chi connectivity index (χ1v) is 6.56. The molecule has 0 saturated carbocycles. The Balaban J connectivity index is 3.67. The molecule has 0 aromatic rings. The molecule has 90 valence electrons. The van der Waals surface area contributed by atoms with Crippen LogP contribution in [-0.4, -0.2) is 26.6 Å². The molecule has 0 spiro atoms. The minimum absolute atomic E-state index is 0.330. The Hall–Kier alpha value is -0.420. The van der Waals surface area contributed by atoms with Crippen molar-refractivity contribution in [3.05, 3.63) is 0 Å². The van der Waals surface area contributed by atoms with Gasteiger partial charge < -0.3 is 9.29 Å². The summed E-state index contributed by atoms with van der Waals surface area (Å²) >= 11 is -2.12. The van der Waals surface area contributed by atoms with Crippen molar-refractivity contribution in [2.45, 2.75) is 51.2 Å². The zero-order valence-electron chi connectivity index (χ0n) is 9.40. The molecule has 2 unspecified atom stereocenters.